The summed E-state index contributed by atoms with van der Waals surface area (Å²) in [4.78, 5) is 13.2. The van der Waals surface area contributed by atoms with Gasteiger partial charge in [-0.25, -0.2) is 0 Å². The van der Waals surface area contributed by atoms with Crippen molar-refractivity contribution in [1.82, 2.24) is 0 Å². The lowest BCUT2D eigenvalue weighted by atomic mass is 9.52. The van der Waals surface area contributed by atoms with Crippen molar-refractivity contribution in [2.45, 2.75) is 18.3 Å². The van der Waals surface area contributed by atoms with E-state index in [-0.39, 0.29) is 17.8 Å². The summed E-state index contributed by atoms with van der Waals surface area (Å²) in [6, 6.07) is 18.8. The van der Waals surface area contributed by atoms with Crippen LogP contribution in [0.3, 0.4) is 0 Å². The van der Waals surface area contributed by atoms with Crippen LogP contribution in [0.2, 0.25) is 0 Å². The van der Waals surface area contributed by atoms with Gasteiger partial charge in [-0.3, -0.25) is 4.79 Å². The lowest BCUT2D eigenvalue weighted by molar-refractivity contribution is -0.870. The van der Waals surface area contributed by atoms with Crippen LogP contribution in [0.1, 0.15) is 40.5 Å². The van der Waals surface area contributed by atoms with Crippen LogP contribution < -0.4 is 0 Å². The third-order valence-electron chi connectivity index (χ3n) is 5.94. The lowest BCUT2D eigenvalue weighted by Gasteiger charge is -2.48. The largest absolute Gasteiger partial charge is 0.458 e. The summed E-state index contributed by atoms with van der Waals surface area (Å²) in [5.74, 6) is -0.581. The first-order valence-electron chi connectivity index (χ1n) is 9.44. The normalized spacial score (nSPS) is 25.3. The molecule has 2 aromatic rings. The van der Waals surface area contributed by atoms with Gasteiger partial charge in [-0.1, -0.05) is 48.5 Å². The number of hydrogen-bond acceptors (Lipinski definition) is 3. The number of carbonyl (C=O) groups is 1. The molecule has 0 heterocycles. The summed E-state index contributed by atoms with van der Waals surface area (Å²) in [6.07, 6.45) is 0.491. The molecule has 2 aromatic carbocycles. The van der Waals surface area contributed by atoms with Crippen LogP contribution >= 0.6 is 0 Å². The van der Waals surface area contributed by atoms with E-state index in [2.05, 4.69) is 51.5 Å². The first-order valence-corrected chi connectivity index (χ1v) is 9.44. The fraction of sp³-hybridized carbons (Fsp3) is 0.391. The number of esters is 1. The highest BCUT2D eigenvalue weighted by molar-refractivity contribution is 5.85. The van der Waals surface area contributed by atoms with Crippen molar-refractivity contribution in [2.75, 3.05) is 34.3 Å². The summed E-state index contributed by atoms with van der Waals surface area (Å²) >= 11 is 0. The van der Waals surface area contributed by atoms with Crippen LogP contribution in [0, 0.1) is 16.7 Å². The molecule has 1 atom stereocenters. The van der Waals surface area contributed by atoms with Gasteiger partial charge in [0.2, 0.25) is 0 Å². The molecule has 0 saturated heterocycles. The average Bonchev–Trinajstić information content (AvgIpc) is 2.66. The average molecular weight is 361 g/mol. The van der Waals surface area contributed by atoms with Crippen LogP contribution in [-0.4, -0.2) is 44.7 Å². The zero-order valence-electron chi connectivity index (χ0n) is 16.1. The van der Waals surface area contributed by atoms with E-state index in [1.165, 1.54) is 11.1 Å². The highest BCUT2D eigenvalue weighted by Crippen LogP contribution is 2.61. The third-order valence-corrected chi connectivity index (χ3v) is 5.94. The summed E-state index contributed by atoms with van der Waals surface area (Å²) in [6.45, 7) is 1.04. The first-order chi connectivity index (χ1) is 12.9. The van der Waals surface area contributed by atoms with E-state index in [4.69, 9.17) is 4.74 Å². The van der Waals surface area contributed by atoms with E-state index < -0.39 is 5.41 Å². The number of rotatable bonds is 4. The summed E-state index contributed by atoms with van der Waals surface area (Å²) in [5.41, 5.74) is 3.52. The minimum atomic E-state index is -1.15. The van der Waals surface area contributed by atoms with Crippen molar-refractivity contribution >= 4 is 5.97 Å². The molecule has 0 aromatic heterocycles. The molecule has 0 spiro atoms. The second kappa shape index (κ2) is 6.21. The van der Waals surface area contributed by atoms with Crippen LogP contribution in [0.4, 0.5) is 0 Å². The topological polar surface area (TPSA) is 50.1 Å². The molecular weight excluding hydrogens is 336 g/mol. The molecule has 0 radical (unpaired) electrons. The molecule has 138 valence electrons. The highest BCUT2D eigenvalue weighted by Gasteiger charge is 2.58. The molecule has 0 unspecified atom stereocenters. The van der Waals surface area contributed by atoms with Gasteiger partial charge in [0.25, 0.3) is 0 Å². The van der Waals surface area contributed by atoms with E-state index in [0.717, 1.165) is 11.1 Å². The van der Waals surface area contributed by atoms with Crippen molar-refractivity contribution in [3.8, 4) is 6.07 Å². The molecule has 4 heteroatoms. The number of carbonyl (C=O) groups excluding carboxylic acids is 1. The Hall–Kier alpha value is -2.64. The smallest absolute Gasteiger partial charge is 0.327 e. The molecular formula is C23H25N2O2+. The minimum Gasteiger partial charge on any atom is -0.458 e. The molecule has 5 rings (SSSR count). The van der Waals surface area contributed by atoms with Gasteiger partial charge in [0.1, 0.15) is 13.2 Å². The van der Waals surface area contributed by atoms with Gasteiger partial charge >= 0.3 is 5.97 Å². The molecule has 0 fully saturated rings. The number of benzene rings is 2. The maximum atomic E-state index is 13.2. The summed E-state index contributed by atoms with van der Waals surface area (Å²) in [5, 5.41) is 10.2. The Balaban J connectivity index is 1.76. The van der Waals surface area contributed by atoms with E-state index in [9.17, 15) is 10.1 Å². The molecule has 0 N–H and O–H groups in total. The second-order valence-corrected chi connectivity index (χ2v) is 8.68. The lowest BCUT2D eigenvalue weighted by Crippen LogP contribution is -2.47. The molecule has 3 aliphatic rings. The Labute approximate surface area is 160 Å². The van der Waals surface area contributed by atoms with E-state index in [1.807, 2.05) is 24.3 Å². The predicted octanol–water partition coefficient (Wildman–Crippen LogP) is 3.43. The Morgan fingerprint density at radius 3 is 2.07 bits per heavy atom. The standard InChI is InChI=1S/C23H25N2O2/c1-25(2,3)12-13-27-22(26)23(15-24)14-20-16-8-4-6-10-18(16)21(23)19-11-7-5-9-17(19)20/h4-11,20-21H,12-14H2,1-3H3/q+1/t20?,21?,23-/m0/s1. The Morgan fingerprint density at radius 1 is 1.07 bits per heavy atom. The third kappa shape index (κ3) is 2.74. The van der Waals surface area contributed by atoms with Crippen LogP contribution in [0.25, 0.3) is 0 Å². The van der Waals surface area contributed by atoms with Crippen LogP contribution in [0.5, 0.6) is 0 Å². The Kier molecular flexibility index (Phi) is 4.09. The number of nitrogens with zero attached hydrogens (tertiary/aromatic N) is 2. The molecule has 4 nitrogen and oxygen atoms in total. The SMILES string of the molecule is C[N+](C)(C)CCOC(=O)[C@]1(C#N)CC2c3ccccc3C1c1ccccc12. The van der Waals surface area contributed by atoms with Crippen LogP contribution in [0.15, 0.2) is 48.5 Å². The Morgan fingerprint density at radius 2 is 1.59 bits per heavy atom. The van der Waals surface area contributed by atoms with Crippen molar-refractivity contribution in [3.63, 3.8) is 0 Å². The van der Waals surface area contributed by atoms with Gasteiger partial charge in [-0.2, -0.15) is 5.26 Å². The molecule has 2 bridgehead atoms. The minimum absolute atomic E-state index is 0.0630. The predicted molar refractivity (Wildman–Crippen MR) is 103 cm³/mol. The molecule has 0 saturated carbocycles. The monoisotopic (exact) mass is 361 g/mol. The van der Waals surface area contributed by atoms with Crippen molar-refractivity contribution < 1.29 is 14.0 Å². The number of fused-ring (bicyclic) bond motifs is 1. The number of nitriles is 1. The maximum absolute atomic E-state index is 13.2. The number of quaternary nitrogens is 1. The van der Waals surface area contributed by atoms with Gasteiger partial charge in [-0.15, -0.1) is 0 Å². The van der Waals surface area contributed by atoms with Gasteiger partial charge in [0.05, 0.1) is 27.2 Å². The van der Waals surface area contributed by atoms with Crippen molar-refractivity contribution in [1.29, 1.82) is 5.26 Å². The Bertz CT molecular complexity index is 890. The quantitative estimate of drug-likeness (QED) is 0.619. The summed E-state index contributed by atoms with van der Waals surface area (Å²) < 4.78 is 6.37. The number of likely N-dealkylation sites (N-methyl/N-ethyl adjacent to an activating group) is 1. The van der Waals surface area contributed by atoms with E-state index in [1.54, 1.807) is 0 Å². The van der Waals surface area contributed by atoms with Gasteiger partial charge < -0.3 is 9.22 Å². The van der Waals surface area contributed by atoms with Gasteiger partial charge in [0.15, 0.2) is 5.41 Å². The summed E-state index contributed by atoms with van der Waals surface area (Å²) in [7, 11) is 6.18. The zero-order chi connectivity index (χ0) is 19.2. The van der Waals surface area contributed by atoms with Crippen molar-refractivity contribution in [2.24, 2.45) is 5.41 Å². The number of hydrogen-bond donors (Lipinski definition) is 0. The fourth-order valence-electron chi connectivity index (χ4n) is 4.61. The molecule has 27 heavy (non-hydrogen) atoms. The van der Waals surface area contributed by atoms with E-state index >= 15 is 0 Å². The molecule has 0 aliphatic heterocycles. The van der Waals surface area contributed by atoms with Crippen molar-refractivity contribution in [3.05, 3.63) is 70.8 Å². The second-order valence-electron chi connectivity index (χ2n) is 8.68. The van der Waals surface area contributed by atoms with Gasteiger partial charge in [-0.05, 0) is 28.7 Å². The van der Waals surface area contributed by atoms with Gasteiger partial charge in [0, 0.05) is 11.8 Å². The maximum Gasteiger partial charge on any atom is 0.327 e. The van der Waals surface area contributed by atoms with Crippen LogP contribution in [-0.2, 0) is 9.53 Å². The fourth-order valence-corrected chi connectivity index (χ4v) is 4.61. The number of ether oxygens (including phenoxy) is 1. The molecule has 0 amide bonds. The molecule has 3 aliphatic carbocycles. The highest BCUT2D eigenvalue weighted by atomic mass is 16.5. The first kappa shape index (κ1) is 17.8. The van der Waals surface area contributed by atoms with E-state index in [0.29, 0.717) is 24.1 Å². The zero-order valence-corrected chi connectivity index (χ0v) is 16.1.